The first-order valence-electron chi connectivity index (χ1n) is 10.3. The number of hydrogen-bond acceptors (Lipinski definition) is 6. The van der Waals surface area contributed by atoms with Crippen LogP contribution in [0.3, 0.4) is 0 Å². The lowest BCUT2D eigenvalue weighted by molar-refractivity contribution is 0.0697. The first-order chi connectivity index (χ1) is 16.5. The number of H-pyrrole nitrogens is 1. The average Bonchev–Trinajstić information content (AvgIpc) is 3.29. The van der Waals surface area contributed by atoms with E-state index in [0.717, 1.165) is 22.2 Å². The van der Waals surface area contributed by atoms with Crippen molar-refractivity contribution in [3.8, 4) is 23.3 Å². The number of aromatic nitrogens is 2. The van der Waals surface area contributed by atoms with Gasteiger partial charge in [-0.3, -0.25) is 0 Å². The molecule has 0 saturated heterocycles. The summed E-state index contributed by atoms with van der Waals surface area (Å²) in [6.07, 6.45) is 1.71. The van der Waals surface area contributed by atoms with Crippen LogP contribution in [-0.4, -0.2) is 35.3 Å². The molecule has 3 aromatic carbocycles. The molecule has 8 heteroatoms. The SMILES string of the molecule is COc1ccc2nc(C(C#N)=Cc3ccc(OCc4ccc(C(=O)O)cc4)c(OC)c3)[nH]c2c1. The lowest BCUT2D eigenvalue weighted by atomic mass is 10.1. The Kier molecular flexibility index (Phi) is 6.46. The molecule has 4 rings (SSSR count). The molecule has 0 radical (unpaired) electrons. The molecule has 0 atom stereocenters. The third kappa shape index (κ3) is 4.84. The number of fused-ring (bicyclic) bond motifs is 1. The Hall–Kier alpha value is -4.77. The highest BCUT2D eigenvalue weighted by atomic mass is 16.5. The summed E-state index contributed by atoms with van der Waals surface area (Å²) in [5.41, 5.74) is 3.65. The summed E-state index contributed by atoms with van der Waals surface area (Å²) < 4.78 is 16.6. The number of ether oxygens (including phenoxy) is 3. The minimum atomic E-state index is -0.975. The molecule has 0 amide bonds. The van der Waals surface area contributed by atoms with Gasteiger partial charge in [0.25, 0.3) is 0 Å². The number of nitrogens with zero attached hydrogens (tertiary/aromatic N) is 2. The largest absolute Gasteiger partial charge is 0.497 e. The molecule has 0 saturated carbocycles. The van der Waals surface area contributed by atoms with Crippen LogP contribution in [0.25, 0.3) is 22.7 Å². The molecule has 0 bridgehead atoms. The highest BCUT2D eigenvalue weighted by molar-refractivity contribution is 5.91. The molecule has 1 heterocycles. The van der Waals surface area contributed by atoms with Gasteiger partial charge in [0.05, 0.1) is 36.4 Å². The molecule has 0 fully saturated rings. The highest BCUT2D eigenvalue weighted by Crippen LogP contribution is 2.31. The molecular weight excluding hydrogens is 434 g/mol. The van der Waals surface area contributed by atoms with E-state index in [1.807, 2.05) is 24.3 Å². The zero-order valence-corrected chi connectivity index (χ0v) is 18.5. The van der Waals surface area contributed by atoms with Crippen LogP contribution in [0, 0.1) is 11.3 Å². The number of carboxylic acids is 1. The van der Waals surface area contributed by atoms with Crippen molar-refractivity contribution in [1.29, 1.82) is 5.26 Å². The van der Waals surface area contributed by atoms with Crippen molar-refractivity contribution in [3.05, 3.63) is 83.2 Å². The summed E-state index contributed by atoms with van der Waals surface area (Å²) in [5.74, 6) is 1.20. The van der Waals surface area contributed by atoms with Gasteiger partial charge in [0.2, 0.25) is 0 Å². The number of imidazole rings is 1. The van der Waals surface area contributed by atoms with Crippen LogP contribution in [0.15, 0.2) is 60.7 Å². The van der Waals surface area contributed by atoms with Crippen LogP contribution in [0.4, 0.5) is 0 Å². The number of methoxy groups -OCH3 is 2. The Morgan fingerprint density at radius 3 is 2.53 bits per heavy atom. The van der Waals surface area contributed by atoms with Crippen molar-refractivity contribution in [1.82, 2.24) is 9.97 Å². The molecular formula is C26H21N3O5. The fourth-order valence-corrected chi connectivity index (χ4v) is 3.36. The predicted molar refractivity (Wildman–Crippen MR) is 127 cm³/mol. The molecule has 1 aromatic heterocycles. The van der Waals surface area contributed by atoms with E-state index in [0.29, 0.717) is 28.6 Å². The average molecular weight is 455 g/mol. The van der Waals surface area contributed by atoms with Crippen LogP contribution in [0.5, 0.6) is 17.2 Å². The van der Waals surface area contributed by atoms with Crippen LogP contribution in [-0.2, 0) is 6.61 Å². The quantitative estimate of drug-likeness (QED) is 0.362. The Balaban J connectivity index is 1.55. The van der Waals surface area contributed by atoms with Crippen LogP contribution >= 0.6 is 0 Å². The smallest absolute Gasteiger partial charge is 0.335 e. The number of carboxylic acid groups (broad SMARTS) is 1. The lowest BCUT2D eigenvalue weighted by Crippen LogP contribution is -2.00. The molecule has 0 aliphatic heterocycles. The Bertz CT molecular complexity index is 1410. The second kappa shape index (κ2) is 9.79. The zero-order valence-electron chi connectivity index (χ0n) is 18.5. The normalized spacial score (nSPS) is 11.1. The number of aromatic carboxylic acids is 1. The van der Waals surface area contributed by atoms with E-state index in [2.05, 4.69) is 16.0 Å². The van der Waals surface area contributed by atoms with E-state index >= 15 is 0 Å². The Morgan fingerprint density at radius 2 is 1.85 bits per heavy atom. The van der Waals surface area contributed by atoms with Gasteiger partial charge < -0.3 is 24.3 Å². The number of hydrogen-bond donors (Lipinski definition) is 2. The van der Waals surface area contributed by atoms with Crippen LogP contribution in [0.1, 0.15) is 27.3 Å². The van der Waals surface area contributed by atoms with Crippen molar-refractivity contribution in [2.75, 3.05) is 14.2 Å². The van der Waals surface area contributed by atoms with Crippen molar-refractivity contribution in [3.63, 3.8) is 0 Å². The molecule has 8 nitrogen and oxygen atoms in total. The topological polar surface area (TPSA) is 117 Å². The summed E-state index contributed by atoms with van der Waals surface area (Å²) in [6.45, 7) is 0.247. The van der Waals surface area contributed by atoms with Crippen molar-refractivity contribution >= 4 is 28.7 Å². The molecule has 2 N–H and O–H groups in total. The predicted octanol–water partition coefficient (Wildman–Crippen LogP) is 4.92. The van der Waals surface area contributed by atoms with Crippen molar-refractivity contribution < 1.29 is 24.1 Å². The third-order valence-corrected chi connectivity index (χ3v) is 5.16. The summed E-state index contributed by atoms with van der Waals surface area (Å²) in [4.78, 5) is 18.6. The maximum atomic E-state index is 11.0. The van der Waals surface area contributed by atoms with Gasteiger partial charge in [0.15, 0.2) is 11.5 Å². The first kappa shape index (κ1) is 22.4. The van der Waals surface area contributed by atoms with Gasteiger partial charge in [-0.25, -0.2) is 9.78 Å². The molecule has 0 aliphatic carbocycles. The Morgan fingerprint density at radius 1 is 1.06 bits per heavy atom. The maximum absolute atomic E-state index is 11.0. The van der Waals surface area contributed by atoms with Gasteiger partial charge in [0, 0.05) is 6.07 Å². The van der Waals surface area contributed by atoms with Gasteiger partial charge in [-0.15, -0.1) is 0 Å². The lowest BCUT2D eigenvalue weighted by Gasteiger charge is -2.12. The van der Waals surface area contributed by atoms with Gasteiger partial charge >= 0.3 is 5.97 Å². The number of aromatic amines is 1. The highest BCUT2D eigenvalue weighted by Gasteiger charge is 2.11. The number of benzene rings is 3. The summed E-state index contributed by atoms with van der Waals surface area (Å²) in [7, 11) is 3.13. The maximum Gasteiger partial charge on any atom is 0.335 e. The second-order valence-corrected chi connectivity index (χ2v) is 7.34. The monoisotopic (exact) mass is 455 g/mol. The second-order valence-electron chi connectivity index (χ2n) is 7.34. The van der Waals surface area contributed by atoms with E-state index in [4.69, 9.17) is 19.3 Å². The summed E-state index contributed by atoms with van der Waals surface area (Å²) in [6, 6.07) is 19.5. The van der Waals surface area contributed by atoms with E-state index < -0.39 is 5.97 Å². The van der Waals surface area contributed by atoms with E-state index in [1.54, 1.807) is 37.5 Å². The fourth-order valence-electron chi connectivity index (χ4n) is 3.36. The fraction of sp³-hybridized carbons (Fsp3) is 0.115. The van der Waals surface area contributed by atoms with Gasteiger partial charge in [-0.05, 0) is 53.6 Å². The number of rotatable bonds is 8. The van der Waals surface area contributed by atoms with Crippen LogP contribution < -0.4 is 14.2 Å². The molecule has 170 valence electrons. The van der Waals surface area contributed by atoms with E-state index in [-0.39, 0.29) is 12.2 Å². The van der Waals surface area contributed by atoms with E-state index in [9.17, 15) is 10.1 Å². The van der Waals surface area contributed by atoms with E-state index in [1.165, 1.54) is 19.2 Å². The third-order valence-electron chi connectivity index (χ3n) is 5.16. The minimum absolute atomic E-state index is 0.217. The van der Waals surface area contributed by atoms with Crippen LogP contribution in [0.2, 0.25) is 0 Å². The molecule has 0 spiro atoms. The number of nitriles is 1. The summed E-state index contributed by atoms with van der Waals surface area (Å²) >= 11 is 0. The standard InChI is InChI=1S/C26H21N3O5/c1-32-20-8-9-21-22(13-20)29-25(28-21)19(14-27)11-17-5-10-23(24(12-17)33-2)34-15-16-3-6-18(7-4-16)26(30)31/h3-13H,15H2,1-2H3,(H,28,29)(H,30,31). The van der Waals surface area contributed by atoms with Gasteiger partial charge in [-0.2, -0.15) is 5.26 Å². The minimum Gasteiger partial charge on any atom is -0.497 e. The molecule has 34 heavy (non-hydrogen) atoms. The number of nitrogens with one attached hydrogen (secondary N) is 1. The number of allylic oxidation sites excluding steroid dienone is 1. The zero-order chi connectivity index (χ0) is 24.1. The molecule has 0 unspecified atom stereocenters. The van der Waals surface area contributed by atoms with Crippen molar-refractivity contribution in [2.45, 2.75) is 6.61 Å². The Labute approximate surface area is 195 Å². The summed E-state index contributed by atoms with van der Waals surface area (Å²) in [5, 5.41) is 18.7. The number of carbonyl (C=O) groups is 1. The molecule has 4 aromatic rings. The van der Waals surface area contributed by atoms with Crippen molar-refractivity contribution in [2.24, 2.45) is 0 Å². The van der Waals surface area contributed by atoms with Gasteiger partial charge in [0.1, 0.15) is 24.3 Å². The van der Waals surface area contributed by atoms with Gasteiger partial charge in [-0.1, -0.05) is 18.2 Å². The first-order valence-corrected chi connectivity index (χ1v) is 10.3. The molecule has 0 aliphatic rings.